The molecule has 0 atom stereocenters. The van der Waals surface area contributed by atoms with Crippen LogP contribution in [0.3, 0.4) is 0 Å². The lowest BCUT2D eigenvalue weighted by atomic mass is 10.2. The number of nitrogens with zero attached hydrogens (tertiary/aromatic N) is 20. The minimum Gasteiger partial charge on any atom is -0.497 e. The molecule has 22 rings (SSSR count). The second kappa shape index (κ2) is 40.5. The van der Waals surface area contributed by atoms with Crippen molar-refractivity contribution in [1.82, 2.24) is 97.6 Å². The van der Waals surface area contributed by atoms with Crippen LogP contribution in [-0.2, 0) is 25.7 Å². The van der Waals surface area contributed by atoms with Crippen molar-refractivity contribution in [1.29, 1.82) is 0 Å². The summed E-state index contributed by atoms with van der Waals surface area (Å²) >= 11 is 0. The Kier molecular flexibility index (Phi) is 26.9. The molecule has 0 aliphatic carbocycles. The van der Waals surface area contributed by atoms with Crippen LogP contribution in [-0.4, -0.2) is 124 Å². The topological polar surface area (TPSA) is 464 Å². The first kappa shape index (κ1) is 96.3. The van der Waals surface area contributed by atoms with Crippen LogP contribution in [0.25, 0.3) is 84.9 Å². The number of hydrogen-bond donors (Lipinski definition) is 10. The lowest BCUT2D eigenvalue weighted by molar-refractivity contribution is -0.286. The number of benzene rings is 10. The normalized spacial score (nSPS) is 12.1. The minimum atomic E-state index is -4.80. The van der Waals surface area contributed by atoms with Gasteiger partial charge in [-0.05, 0) is 159 Å². The number of methoxy groups -OCH3 is 1. The molecule has 0 unspecified atom stereocenters. The van der Waals surface area contributed by atoms with Crippen molar-refractivity contribution < 1.29 is 72.3 Å². The lowest BCUT2D eigenvalue weighted by Crippen LogP contribution is -2.25. The second-order valence-electron chi connectivity index (χ2n) is 31.9. The van der Waals surface area contributed by atoms with E-state index in [1.807, 2.05) is 161 Å². The molecule has 0 saturated carbocycles. The fourth-order valence-electron chi connectivity index (χ4n) is 15.5. The molecule has 0 bridgehead atoms. The quantitative estimate of drug-likeness (QED) is 0.0299. The van der Waals surface area contributed by atoms with E-state index in [1.54, 1.807) is 80.8 Å². The van der Waals surface area contributed by atoms with Gasteiger partial charge in [0.25, 0.3) is 0 Å². The van der Waals surface area contributed by atoms with Crippen LogP contribution in [0.15, 0.2) is 231 Å². The Balaban J connectivity index is 0.000000119. The van der Waals surface area contributed by atoms with Crippen molar-refractivity contribution in [2.45, 2.75) is 79.9 Å². The number of alkyl halides is 5. The van der Waals surface area contributed by atoms with Crippen LogP contribution in [0.5, 0.6) is 34.5 Å². The number of aromatic nitrogens is 20. The van der Waals surface area contributed by atoms with Crippen LogP contribution in [0.1, 0.15) is 62.4 Å². The Morgan fingerprint density at radius 1 is 0.345 bits per heavy atom. The van der Waals surface area contributed by atoms with Crippen molar-refractivity contribution in [3.8, 4) is 64.2 Å². The SMILES string of the molecule is CCc1nc2ccccc2n1-c1nc(N)c(F)c(Nc2ccc(C)cc2)n1.CCc1nc2ccccc2n1-c1nc(N)c(F)c(Nc2ccc(OC(F)(F)F)cc2)n1.CCc1nc2ccccc2n1-c1nc(N)c(F)c(Nc2ccc(OC)cc2)n1.CCc1nc2ccccc2n1-c1nc(N)c(F)c(Nc2ccc3c(c2)OCO3)n1.Cc1nc2ccc(F)cc2n1-c1nc(N)cc(Nc2ccc3c(c2)OC(F)(F)O3)n1. The number of nitrogens with two attached hydrogens (primary N) is 5. The summed E-state index contributed by atoms with van der Waals surface area (Å²) in [6, 6.07) is 64.8. The van der Waals surface area contributed by atoms with Gasteiger partial charge in [0.05, 0.1) is 62.3 Å². The van der Waals surface area contributed by atoms with Gasteiger partial charge < -0.3 is 83.7 Å². The third kappa shape index (κ3) is 20.9. The van der Waals surface area contributed by atoms with Gasteiger partial charge in [0.15, 0.2) is 69.5 Å². The Bertz CT molecular complexity index is 8260. The highest BCUT2D eigenvalue weighted by atomic mass is 19.4. The smallest absolute Gasteiger partial charge is 0.497 e. The number of hydrogen-bond acceptors (Lipinski definition) is 31. The van der Waals surface area contributed by atoms with Gasteiger partial charge in [0.1, 0.15) is 58.1 Å². The predicted molar refractivity (Wildman–Crippen MR) is 526 cm³/mol. The molecule has 15 N–H and O–H groups in total. The van der Waals surface area contributed by atoms with Gasteiger partial charge in [0.2, 0.25) is 59.8 Å². The molecule has 10 aromatic heterocycles. The number of anilines is 15. The number of nitrogen functional groups attached to an aromatic ring is 5. The molecule has 0 saturated heterocycles. The molecule has 2 aliphatic rings. The maximum atomic E-state index is 14.7. The van der Waals surface area contributed by atoms with Gasteiger partial charge in [-0.1, -0.05) is 93.9 Å². The summed E-state index contributed by atoms with van der Waals surface area (Å²) in [5, 5.41) is 14.6. The largest absolute Gasteiger partial charge is 0.586 e. The molecule has 46 heteroatoms. The number of ether oxygens (including phenoxy) is 6. The van der Waals surface area contributed by atoms with E-state index in [9.17, 15) is 43.9 Å². The molecule has 36 nitrogen and oxygen atoms in total. The number of halogens is 10. The van der Waals surface area contributed by atoms with E-state index >= 15 is 0 Å². The number of rotatable bonds is 21. The number of imidazole rings is 5. The van der Waals surface area contributed by atoms with E-state index in [-0.39, 0.29) is 106 Å². The van der Waals surface area contributed by atoms with Crippen LogP contribution in [0.4, 0.5) is 131 Å². The third-order valence-electron chi connectivity index (χ3n) is 22.1. The highest BCUT2D eigenvalue weighted by molar-refractivity contribution is 5.83. The zero-order valence-electron chi connectivity index (χ0n) is 77.5. The molecular weight excluding hydrogens is 1900 g/mol. The fraction of sp³-hybridized carbons (Fsp3) is 0.141. The second-order valence-corrected chi connectivity index (χ2v) is 31.9. The van der Waals surface area contributed by atoms with E-state index in [2.05, 4.69) is 116 Å². The molecule has 145 heavy (non-hydrogen) atoms. The highest BCUT2D eigenvalue weighted by Crippen LogP contribution is 2.44. The maximum Gasteiger partial charge on any atom is 0.586 e. The van der Waals surface area contributed by atoms with Crippen molar-refractivity contribution in [2.75, 3.05) is 69.2 Å². The first-order chi connectivity index (χ1) is 69.8. The average molecular weight is 1980 g/mol. The molecule has 10 aromatic carbocycles. The van der Waals surface area contributed by atoms with Crippen LogP contribution in [0.2, 0.25) is 0 Å². The monoisotopic (exact) mass is 1980 g/mol. The Morgan fingerprint density at radius 3 is 1.11 bits per heavy atom. The van der Waals surface area contributed by atoms with Crippen molar-refractivity contribution in [2.24, 2.45) is 0 Å². The highest BCUT2D eigenvalue weighted by Gasteiger charge is 2.44. The molecule has 12 heterocycles. The molecule has 0 amide bonds. The number of para-hydroxylation sites is 8. The summed E-state index contributed by atoms with van der Waals surface area (Å²) in [5.41, 5.74) is 40.5. The summed E-state index contributed by atoms with van der Waals surface area (Å²) in [6.07, 6.45) is -5.95. The number of nitrogens with one attached hydrogen (secondary N) is 5. The standard InChI is InChI=1S/C20H16F4N6O.C20H17FN6O2.C20H19FN6O.C20H19FN6.C19H13F3N6O2/c1-2-15-27-13-5-3-4-6-14(13)30(15)19-28-17(25)16(21)18(29-19)26-11-7-9-12(10-8-11)31-20(22,23)24;1-2-16-24-12-5-3-4-6-13(12)27(16)20-25-18(22)17(21)19(26-20)23-11-7-8-14-15(9-11)29-10-28-14;1-3-16-24-14-6-4-5-7-15(14)27(16)20-25-18(22)17(21)19(26-20)23-12-8-10-13(28-2)11-9-12;1-3-16-24-14-6-4-5-7-15(14)27(16)20-25-18(22)17(21)19(26-20)23-13-10-8-12(2)9-11-13;1-9-24-12-4-2-10(20)6-13(12)28(9)18-26-16(23)8-17(27-18)25-11-3-5-14-15(7-11)30-19(21,22)29-14/h3-10H,2H2,1H3,(H3,25,26,28,29);3-9H,2,10H2,1H3,(H3,22,23,25,26);4-11H,3H2,1-2H3,(H3,22,23,25,26);4-11H,3H2,1-2H3,(H3,22,23,25,26);2-8H,1H3,(H3,23,25,26,27). The van der Waals surface area contributed by atoms with Crippen LogP contribution >= 0.6 is 0 Å². The molecular formula is C99H84F10N30O6. The minimum absolute atomic E-state index is 0.00694. The van der Waals surface area contributed by atoms with E-state index in [0.29, 0.717) is 88.5 Å². The van der Waals surface area contributed by atoms with Crippen molar-refractivity contribution >= 4 is 142 Å². The van der Waals surface area contributed by atoms with E-state index in [0.717, 1.165) is 85.0 Å². The Hall–Kier alpha value is -19.0. The number of fused-ring (bicyclic) bond motifs is 7. The van der Waals surface area contributed by atoms with Gasteiger partial charge in [-0.15, -0.1) is 22.0 Å². The van der Waals surface area contributed by atoms with Gasteiger partial charge in [-0.3, -0.25) is 22.8 Å². The summed E-state index contributed by atoms with van der Waals surface area (Å²) in [4.78, 5) is 65.3. The fourth-order valence-corrected chi connectivity index (χ4v) is 15.5. The van der Waals surface area contributed by atoms with Gasteiger partial charge in [0, 0.05) is 78.4 Å². The first-order valence-electron chi connectivity index (χ1n) is 44.5. The van der Waals surface area contributed by atoms with E-state index in [1.165, 1.54) is 48.5 Å². The van der Waals surface area contributed by atoms with Crippen LogP contribution < -0.4 is 83.7 Å². The Labute approximate surface area is 815 Å². The maximum absolute atomic E-state index is 14.7. The van der Waals surface area contributed by atoms with E-state index < -0.39 is 47.5 Å². The lowest BCUT2D eigenvalue weighted by Gasteiger charge is -2.13. The zero-order chi connectivity index (χ0) is 102. The summed E-state index contributed by atoms with van der Waals surface area (Å²) < 4.78 is 173. The van der Waals surface area contributed by atoms with Gasteiger partial charge in [-0.2, -0.15) is 67.4 Å². The van der Waals surface area contributed by atoms with Crippen molar-refractivity contribution in [3.63, 3.8) is 0 Å². The number of aryl methyl sites for hydroxylation is 6. The molecule has 0 fully saturated rings. The van der Waals surface area contributed by atoms with Gasteiger partial charge in [-0.25, -0.2) is 29.3 Å². The summed E-state index contributed by atoms with van der Waals surface area (Å²) in [7, 11) is 1.58. The average Bonchev–Trinajstić information content (AvgIpc) is 1.64. The summed E-state index contributed by atoms with van der Waals surface area (Å²) in [6.45, 7) is 11.8. The van der Waals surface area contributed by atoms with E-state index in [4.69, 9.17) is 42.9 Å². The molecule has 20 aromatic rings. The van der Waals surface area contributed by atoms with Gasteiger partial charge >= 0.3 is 12.7 Å². The molecule has 0 radical (unpaired) electrons. The molecule has 2 aliphatic heterocycles. The molecule has 0 spiro atoms. The molecule has 736 valence electrons. The third-order valence-corrected chi connectivity index (χ3v) is 22.1. The Morgan fingerprint density at radius 2 is 0.697 bits per heavy atom. The van der Waals surface area contributed by atoms with Crippen molar-refractivity contribution in [3.05, 3.63) is 294 Å². The predicted octanol–water partition coefficient (Wildman–Crippen LogP) is 20.2. The van der Waals surface area contributed by atoms with Crippen LogP contribution in [0, 0.1) is 42.9 Å². The zero-order valence-corrected chi connectivity index (χ0v) is 77.5. The first-order valence-corrected chi connectivity index (χ1v) is 44.5. The summed E-state index contributed by atoms with van der Waals surface area (Å²) in [5.74, 6) is 1.59.